The molecule has 0 radical (unpaired) electrons. The van der Waals surface area contributed by atoms with E-state index in [0.717, 1.165) is 6.42 Å². The quantitative estimate of drug-likeness (QED) is 0.628. The number of rotatable bonds is 5. The second-order valence-corrected chi connectivity index (χ2v) is 5.74. The van der Waals surface area contributed by atoms with E-state index in [1.54, 1.807) is 0 Å². The predicted octanol–water partition coefficient (Wildman–Crippen LogP) is 1.76. The first kappa shape index (κ1) is 11.5. The second kappa shape index (κ2) is 6.83. The van der Waals surface area contributed by atoms with Gasteiger partial charge in [0.15, 0.2) is 0 Å². The van der Waals surface area contributed by atoms with E-state index >= 15 is 0 Å². The summed E-state index contributed by atoms with van der Waals surface area (Å²) < 4.78 is 1.43. The summed E-state index contributed by atoms with van der Waals surface area (Å²) >= 11 is 0.488. The average Bonchev–Trinajstić information content (AvgIpc) is 2.25. The van der Waals surface area contributed by atoms with Gasteiger partial charge in [-0.05, 0) is 0 Å². The van der Waals surface area contributed by atoms with Gasteiger partial charge in [-0.25, -0.2) is 0 Å². The Labute approximate surface area is 92.0 Å². The first-order chi connectivity index (χ1) is 6.86. The molecule has 1 atom stereocenters. The van der Waals surface area contributed by atoms with Gasteiger partial charge in [0, 0.05) is 0 Å². The SMILES string of the molecule is CCC(/C=C/CO)[Se]c1ccccc1. The van der Waals surface area contributed by atoms with Crippen LogP contribution in [0.1, 0.15) is 13.3 Å². The Morgan fingerprint density at radius 1 is 1.36 bits per heavy atom. The molecule has 1 aromatic rings. The summed E-state index contributed by atoms with van der Waals surface area (Å²) in [4.78, 5) is 0.608. The van der Waals surface area contributed by atoms with Crippen LogP contribution in [-0.2, 0) is 0 Å². The van der Waals surface area contributed by atoms with Gasteiger partial charge in [-0.15, -0.1) is 0 Å². The predicted molar refractivity (Wildman–Crippen MR) is 62.1 cm³/mol. The van der Waals surface area contributed by atoms with Crippen molar-refractivity contribution in [2.75, 3.05) is 6.61 Å². The van der Waals surface area contributed by atoms with Crippen molar-refractivity contribution in [3.8, 4) is 0 Å². The number of aliphatic hydroxyl groups excluding tert-OH is 1. The molecular weight excluding hydrogens is 239 g/mol. The van der Waals surface area contributed by atoms with Crippen molar-refractivity contribution in [3.05, 3.63) is 42.5 Å². The van der Waals surface area contributed by atoms with Gasteiger partial charge in [0.1, 0.15) is 0 Å². The van der Waals surface area contributed by atoms with Crippen LogP contribution in [0.4, 0.5) is 0 Å². The molecule has 1 rings (SSSR count). The van der Waals surface area contributed by atoms with Crippen LogP contribution in [0.15, 0.2) is 42.5 Å². The molecule has 0 bridgehead atoms. The van der Waals surface area contributed by atoms with Gasteiger partial charge >= 0.3 is 91.8 Å². The Morgan fingerprint density at radius 2 is 2.07 bits per heavy atom. The number of hydrogen-bond donors (Lipinski definition) is 1. The first-order valence-corrected chi connectivity index (χ1v) is 6.70. The van der Waals surface area contributed by atoms with Crippen LogP contribution in [0.3, 0.4) is 0 Å². The maximum absolute atomic E-state index is 8.70. The molecule has 0 aliphatic heterocycles. The molecule has 0 amide bonds. The van der Waals surface area contributed by atoms with Gasteiger partial charge in [-0.3, -0.25) is 0 Å². The van der Waals surface area contributed by atoms with E-state index in [4.69, 9.17) is 5.11 Å². The fourth-order valence-corrected chi connectivity index (χ4v) is 3.29. The van der Waals surface area contributed by atoms with Crippen molar-refractivity contribution in [1.29, 1.82) is 0 Å². The molecule has 1 unspecified atom stereocenters. The van der Waals surface area contributed by atoms with Gasteiger partial charge in [-0.1, -0.05) is 0 Å². The van der Waals surface area contributed by atoms with Crippen LogP contribution in [0.5, 0.6) is 0 Å². The Bertz CT molecular complexity index is 269. The van der Waals surface area contributed by atoms with Crippen LogP contribution >= 0.6 is 0 Å². The minimum atomic E-state index is 0.154. The summed E-state index contributed by atoms with van der Waals surface area (Å²) in [6.07, 6.45) is 5.12. The summed E-state index contributed by atoms with van der Waals surface area (Å²) in [7, 11) is 0. The van der Waals surface area contributed by atoms with Crippen molar-refractivity contribution in [2.24, 2.45) is 0 Å². The van der Waals surface area contributed by atoms with Crippen molar-refractivity contribution in [2.45, 2.75) is 18.2 Å². The third kappa shape index (κ3) is 4.10. The van der Waals surface area contributed by atoms with E-state index in [-0.39, 0.29) is 6.61 Å². The van der Waals surface area contributed by atoms with Crippen LogP contribution in [0.2, 0.25) is 4.82 Å². The average molecular weight is 255 g/mol. The zero-order valence-corrected chi connectivity index (χ0v) is 10.1. The number of aliphatic hydroxyl groups is 1. The van der Waals surface area contributed by atoms with Gasteiger partial charge in [-0.2, -0.15) is 0 Å². The molecule has 76 valence electrons. The fourth-order valence-electron chi connectivity index (χ4n) is 1.15. The van der Waals surface area contributed by atoms with E-state index in [9.17, 15) is 0 Å². The van der Waals surface area contributed by atoms with Gasteiger partial charge in [0.25, 0.3) is 0 Å². The molecule has 1 nitrogen and oxygen atoms in total. The van der Waals surface area contributed by atoms with Crippen molar-refractivity contribution in [3.63, 3.8) is 0 Å². The Morgan fingerprint density at radius 3 is 2.64 bits per heavy atom. The zero-order chi connectivity index (χ0) is 10.2. The van der Waals surface area contributed by atoms with E-state index in [0.29, 0.717) is 19.8 Å². The maximum atomic E-state index is 8.70. The van der Waals surface area contributed by atoms with Gasteiger partial charge < -0.3 is 0 Å². The molecule has 0 fully saturated rings. The summed E-state index contributed by atoms with van der Waals surface area (Å²) in [5.41, 5.74) is 0. The van der Waals surface area contributed by atoms with Crippen LogP contribution in [-0.4, -0.2) is 26.7 Å². The van der Waals surface area contributed by atoms with Crippen molar-refractivity contribution < 1.29 is 5.11 Å². The number of hydrogen-bond acceptors (Lipinski definition) is 1. The topological polar surface area (TPSA) is 20.2 Å². The van der Waals surface area contributed by atoms with Crippen LogP contribution in [0, 0.1) is 0 Å². The molecule has 0 aromatic heterocycles. The zero-order valence-electron chi connectivity index (χ0n) is 8.39. The molecule has 0 aliphatic carbocycles. The number of benzene rings is 1. The standard InChI is InChI=1S/C12H16OSe/c1-2-11(9-6-10-13)14-12-7-4-3-5-8-12/h3-9,11,13H,2,10H2,1H3/b9-6+. The van der Waals surface area contributed by atoms with Gasteiger partial charge in [0.05, 0.1) is 0 Å². The van der Waals surface area contributed by atoms with Crippen molar-refractivity contribution in [1.82, 2.24) is 0 Å². The van der Waals surface area contributed by atoms with Gasteiger partial charge in [0.2, 0.25) is 0 Å². The van der Waals surface area contributed by atoms with E-state index in [2.05, 4.69) is 37.3 Å². The summed E-state index contributed by atoms with van der Waals surface area (Å²) in [5, 5.41) is 8.70. The molecular formula is C12H16OSe. The van der Waals surface area contributed by atoms with E-state index in [1.807, 2.05) is 12.1 Å². The molecule has 0 heterocycles. The van der Waals surface area contributed by atoms with E-state index in [1.165, 1.54) is 4.46 Å². The van der Waals surface area contributed by atoms with Crippen LogP contribution < -0.4 is 4.46 Å². The third-order valence-corrected chi connectivity index (χ3v) is 4.70. The Kier molecular flexibility index (Phi) is 5.62. The molecule has 1 aromatic carbocycles. The van der Waals surface area contributed by atoms with Crippen molar-refractivity contribution >= 4 is 19.4 Å². The summed E-state index contributed by atoms with van der Waals surface area (Å²) in [6.45, 7) is 2.35. The molecule has 0 saturated heterocycles. The second-order valence-electron chi connectivity index (χ2n) is 2.99. The molecule has 2 heteroatoms. The molecule has 0 aliphatic rings. The summed E-state index contributed by atoms with van der Waals surface area (Å²) in [5.74, 6) is 0. The Hall–Kier alpha value is -0.561. The normalized spacial score (nSPS) is 13.3. The molecule has 1 N–H and O–H groups in total. The molecule has 14 heavy (non-hydrogen) atoms. The fraction of sp³-hybridized carbons (Fsp3) is 0.333. The third-order valence-electron chi connectivity index (χ3n) is 1.89. The summed E-state index contributed by atoms with van der Waals surface area (Å²) in [6, 6.07) is 10.6. The molecule has 0 saturated carbocycles. The monoisotopic (exact) mass is 256 g/mol. The minimum absolute atomic E-state index is 0.154. The van der Waals surface area contributed by atoms with Crippen LogP contribution in [0.25, 0.3) is 0 Å². The number of allylic oxidation sites excluding steroid dienone is 1. The molecule has 0 spiro atoms. The van der Waals surface area contributed by atoms with E-state index < -0.39 is 0 Å². The Balaban J connectivity index is 2.53. The first-order valence-electron chi connectivity index (χ1n) is 4.86.